The van der Waals surface area contributed by atoms with Gasteiger partial charge < -0.3 is 10.6 Å². The molecule has 0 aromatic carbocycles. The van der Waals surface area contributed by atoms with Crippen LogP contribution in [0.15, 0.2) is 12.3 Å². The zero-order valence-electron chi connectivity index (χ0n) is 10.5. The Balaban J connectivity index is 2.85. The fraction of sp³-hybridized carbons (Fsp3) is 0.667. The van der Waals surface area contributed by atoms with Gasteiger partial charge in [0.15, 0.2) is 5.82 Å². The zero-order valence-corrected chi connectivity index (χ0v) is 10.5. The molecule has 0 aliphatic carbocycles. The summed E-state index contributed by atoms with van der Waals surface area (Å²) in [6.07, 6.45) is 2.87. The van der Waals surface area contributed by atoms with Crippen molar-refractivity contribution in [2.24, 2.45) is 11.7 Å². The molecule has 0 aliphatic heterocycles. The molecule has 4 nitrogen and oxygen atoms in total. The van der Waals surface area contributed by atoms with Crippen LogP contribution in [0.3, 0.4) is 0 Å². The predicted molar refractivity (Wildman–Crippen MR) is 67.3 cm³/mol. The molecule has 0 bridgehead atoms. The second-order valence-electron chi connectivity index (χ2n) is 4.14. The second kappa shape index (κ2) is 6.43. The van der Waals surface area contributed by atoms with E-state index in [9.17, 15) is 0 Å². The van der Waals surface area contributed by atoms with Crippen LogP contribution in [-0.4, -0.2) is 23.3 Å². The van der Waals surface area contributed by atoms with Crippen LogP contribution in [0.2, 0.25) is 0 Å². The van der Waals surface area contributed by atoms with Crippen LogP contribution in [0.5, 0.6) is 0 Å². The molecule has 1 unspecified atom stereocenters. The molecule has 4 heteroatoms. The van der Waals surface area contributed by atoms with Gasteiger partial charge in [0.1, 0.15) is 0 Å². The maximum absolute atomic E-state index is 5.71. The van der Waals surface area contributed by atoms with Gasteiger partial charge in [-0.25, -0.2) is 0 Å². The molecule has 0 spiro atoms. The summed E-state index contributed by atoms with van der Waals surface area (Å²) in [5.41, 5.74) is 6.78. The second-order valence-corrected chi connectivity index (χ2v) is 4.14. The maximum Gasteiger partial charge on any atom is 0.155 e. The van der Waals surface area contributed by atoms with Gasteiger partial charge >= 0.3 is 0 Å². The summed E-state index contributed by atoms with van der Waals surface area (Å²) >= 11 is 0. The molecule has 2 N–H and O–H groups in total. The fourth-order valence-corrected chi connectivity index (χ4v) is 1.65. The highest BCUT2D eigenvalue weighted by molar-refractivity contribution is 5.45. The first-order valence-electron chi connectivity index (χ1n) is 5.98. The summed E-state index contributed by atoms with van der Waals surface area (Å²) in [4.78, 5) is 2.25. The summed E-state index contributed by atoms with van der Waals surface area (Å²) in [5, 5.41) is 8.15. The molecular formula is C12H22N4. The molecule has 1 rings (SSSR count). The van der Waals surface area contributed by atoms with Gasteiger partial charge in [0.25, 0.3) is 0 Å². The minimum atomic E-state index is 0.516. The van der Waals surface area contributed by atoms with Gasteiger partial charge in [-0.2, -0.15) is 5.10 Å². The van der Waals surface area contributed by atoms with Crippen molar-refractivity contribution in [3.63, 3.8) is 0 Å². The quantitative estimate of drug-likeness (QED) is 0.797. The van der Waals surface area contributed by atoms with E-state index in [-0.39, 0.29) is 0 Å². The Kier molecular flexibility index (Phi) is 5.19. The van der Waals surface area contributed by atoms with Gasteiger partial charge in [-0.05, 0) is 18.9 Å². The number of anilines is 1. The van der Waals surface area contributed by atoms with Gasteiger partial charge in [0, 0.05) is 25.2 Å². The summed E-state index contributed by atoms with van der Waals surface area (Å²) in [5.74, 6) is 1.60. The average molecular weight is 222 g/mol. The van der Waals surface area contributed by atoms with Crippen molar-refractivity contribution in [1.29, 1.82) is 0 Å². The van der Waals surface area contributed by atoms with Crippen LogP contribution in [0.4, 0.5) is 5.82 Å². The molecule has 0 radical (unpaired) electrons. The lowest BCUT2D eigenvalue weighted by atomic mass is 10.1. The molecule has 1 atom stereocenters. The lowest BCUT2D eigenvalue weighted by Gasteiger charge is -2.26. The van der Waals surface area contributed by atoms with Crippen molar-refractivity contribution in [1.82, 2.24) is 10.2 Å². The maximum atomic E-state index is 5.71. The van der Waals surface area contributed by atoms with Crippen LogP contribution in [0, 0.1) is 5.92 Å². The van der Waals surface area contributed by atoms with E-state index < -0.39 is 0 Å². The van der Waals surface area contributed by atoms with E-state index in [1.54, 1.807) is 6.20 Å². The molecule has 1 aromatic rings. The van der Waals surface area contributed by atoms with Crippen LogP contribution in [0.25, 0.3) is 0 Å². The van der Waals surface area contributed by atoms with Crippen molar-refractivity contribution in [3.8, 4) is 0 Å². The molecule has 0 amide bonds. The molecular weight excluding hydrogens is 200 g/mol. The van der Waals surface area contributed by atoms with Crippen LogP contribution in [-0.2, 0) is 6.54 Å². The van der Waals surface area contributed by atoms with Gasteiger partial charge in [-0.15, -0.1) is 5.10 Å². The molecule has 90 valence electrons. The number of rotatable bonds is 6. The molecule has 16 heavy (non-hydrogen) atoms. The van der Waals surface area contributed by atoms with E-state index in [1.165, 1.54) is 6.42 Å². The van der Waals surface area contributed by atoms with Crippen LogP contribution < -0.4 is 10.6 Å². The number of hydrogen-bond donors (Lipinski definition) is 1. The third-order valence-corrected chi connectivity index (χ3v) is 2.91. The van der Waals surface area contributed by atoms with E-state index in [2.05, 4.69) is 35.9 Å². The van der Waals surface area contributed by atoms with Crippen molar-refractivity contribution in [2.75, 3.05) is 18.0 Å². The van der Waals surface area contributed by atoms with E-state index in [0.29, 0.717) is 12.5 Å². The first-order valence-corrected chi connectivity index (χ1v) is 5.98. The fourth-order valence-electron chi connectivity index (χ4n) is 1.65. The summed E-state index contributed by atoms with van der Waals surface area (Å²) in [7, 11) is 0. The molecule has 0 saturated carbocycles. The SMILES string of the molecule is CCC(C)CN(CC)c1nnccc1CN. The summed E-state index contributed by atoms with van der Waals surface area (Å²) in [6, 6.07) is 1.95. The Hall–Kier alpha value is -1.16. The summed E-state index contributed by atoms with van der Waals surface area (Å²) < 4.78 is 0. The highest BCUT2D eigenvalue weighted by atomic mass is 15.3. The Morgan fingerprint density at radius 2 is 2.19 bits per heavy atom. The van der Waals surface area contributed by atoms with Gasteiger partial charge in [-0.1, -0.05) is 20.3 Å². The topological polar surface area (TPSA) is 55.0 Å². The minimum Gasteiger partial charge on any atom is -0.355 e. The van der Waals surface area contributed by atoms with Crippen molar-refractivity contribution in [3.05, 3.63) is 17.8 Å². The highest BCUT2D eigenvalue weighted by Crippen LogP contribution is 2.17. The third-order valence-electron chi connectivity index (χ3n) is 2.91. The highest BCUT2D eigenvalue weighted by Gasteiger charge is 2.13. The Labute approximate surface area is 97.9 Å². The first kappa shape index (κ1) is 12.9. The smallest absolute Gasteiger partial charge is 0.155 e. The van der Waals surface area contributed by atoms with E-state index >= 15 is 0 Å². The Morgan fingerprint density at radius 1 is 1.44 bits per heavy atom. The molecule has 1 aromatic heterocycles. The Morgan fingerprint density at radius 3 is 2.75 bits per heavy atom. The monoisotopic (exact) mass is 222 g/mol. The largest absolute Gasteiger partial charge is 0.355 e. The predicted octanol–water partition coefficient (Wildman–Crippen LogP) is 1.81. The molecule has 0 saturated heterocycles. The lowest BCUT2D eigenvalue weighted by molar-refractivity contribution is 0.543. The van der Waals surface area contributed by atoms with E-state index in [4.69, 9.17) is 5.73 Å². The van der Waals surface area contributed by atoms with E-state index in [0.717, 1.165) is 24.5 Å². The Bertz CT molecular complexity index is 314. The van der Waals surface area contributed by atoms with Crippen molar-refractivity contribution >= 4 is 5.82 Å². The standard InChI is InChI=1S/C12H22N4/c1-4-10(3)9-16(5-2)12-11(8-13)6-7-14-15-12/h6-7,10H,4-5,8-9,13H2,1-3H3. The lowest BCUT2D eigenvalue weighted by Crippen LogP contribution is -2.30. The third kappa shape index (κ3) is 3.17. The minimum absolute atomic E-state index is 0.516. The number of aromatic nitrogens is 2. The first-order chi connectivity index (χ1) is 7.72. The number of hydrogen-bond acceptors (Lipinski definition) is 4. The van der Waals surface area contributed by atoms with E-state index in [1.807, 2.05) is 6.07 Å². The van der Waals surface area contributed by atoms with Crippen molar-refractivity contribution < 1.29 is 0 Å². The van der Waals surface area contributed by atoms with Gasteiger partial charge in [0.2, 0.25) is 0 Å². The normalized spacial score (nSPS) is 12.5. The molecule has 1 heterocycles. The van der Waals surface area contributed by atoms with Gasteiger partial charge in [-0.3, -0.25) is 0 Å². The van der Waals surface area contributed by atoms with Crippen molar-refractivity contribution in [2.45, 2.75) is 33.7 Å². The molecule has 0 aliphatic rings. The summed E-state index contributed by atoms with van der Waals surface area (Å²) in [6.45, 7) is 9.06. The van der Waals surface area contributed by atoms with Gasteiger partial charge in [0.05, 0.1) is 6.20 Å². The zero-order chi connectivity index (χ0) is 12.0. The average Bonchev–Trinajstić information content (AvgIpc) is 2.35. The number of nitrogens with zero attached hydrogens (tertiary/aromatic N) is 3. The molecule has 0 fully saturated rings. The van der Waals surface area contributed by atoms with Crippen LogP contribution >= 0.6 is 0 Å². The number of nitrogens with two attached hydrogens (primary N) is 1. The van der Waals surface area contributed by atoms with Crippen LogP contribution in [0.1, 0.15) is 32.8 Å².